The molecule has 0 bridgehead atoms. The minimum atomic E-state index is -0.287. The van der Waals surface area contributed by atoms with E-state index in [0.717, 1.165) is 55.5 Å². The zero-order valence-electron chi connectivity index (χ0n) is 22.6. The SMILES string of the molecule is C=CC(=O)N1CCC(N[C@H]2CCc3cc(-n4c(-c5ccc(F)cc5)nc5ccc(-n6cccn6)nc54)ccc32)CC1. The summed E-state index contributed by atoms with van der Waals surface area (Å²) in [6.45, 7) is 5.13. The van der Waals surface area contributed by atoms with Gasteiger partial charge in [0.05, 0.1) is 0 Å². The fourth-order valence-corrected chi connectivity index (χ4v) is 6.11. The lowest BCUT2D eigenvalue weighted by Crippen LogP contribution is -2.45. The van der Waals surface area contributed by atoms with Crippen molar-refractivity contribution in [2.75, 3.05) is 13.1 Å². The molecule has 1 amide bonds. The van der Waals surface area contributed by atoms with Gasteiger partial charge in [0.25, 0.3) is 0 Å². The van der Waals surface area contributed by atoms with E-state index in [-0.39, 0.29) is 17.8 Å². The van der Waals surface area contributed by atoms with Crippen LogP contribution in [0.2, 0.25) is 0 Å². The number of piperidine rings is 1. The molecule has 4 heterocycles. The Morgan fingerprint density at radius 3 is 2.61 bits per heavy atom. The first kappa shape index (κ1) is 25.3. The second-order valence-corrected chi connectivity index (χ2v) is 10.7. The number of rotatable bonds is 6. The monoisotopic (exact) mass is 547 g/mol. The molecule has 3 aromatic heterocycles. The minimum Gasteiger partial charge on any atom is -0.339 e. The number of carbonyl (C=O) groups is 1. The zero-order chi connectivity index (χ0) is 27.9. The average Bonchev–Trinajstić information content (AvgIpc) is 3.76. The number of aromatic nitrogens is 5. The van der Waals surface area contributed by atoms with E-state index in [1.54, 1.807) is 23.0 Å². The number of aryl methyl sites for hydroxylation is 1. The normalized spacial score (nSPS) is 17.2. The molecule has 1 aliphatic heterocycles. The Bertz CT molecular complexity index is 1730. The molecule has 1 aliphatic carbocycles. The number of halogens is 1. The fraction of sp³-hybridized carbons (Fsp3) is 0.250. The van der Waals surface area contributed by atoms with Crippen LogP contribution in [0, 0.1) is 5.82 Å². The van der Waals surface area contributed by atoms with Gasteiger partial charge in [0.1, 0.15) is 17.2 Å². The van der Waals surface area contributed by atoms with E-state index < -0.39 is 0 Å². The van der Waals surface area contributed by atoms with E-state index in [1.807, 2.05) is 29.3 Å². The molecule has 2 aromatic carbocycles. The van der Waals surface area contributed by atoms with Crippen molar-refractivity contribution in [2.24, 2.45) is 0 Å². The zero-order valence-corrected chi connectivity index (χ0v) is 22.6. The second-order valence-electron chi connectivity index (χ2n) is 10.7. The van der Waals surface area contributed by atoms with Crippen LogP contribution < -0.4 is 5.32 Å². The lowest BCUT2D eigenvalue weighted by molar-refractivity contribution is -0.127. The van der Waals surface area contributed by atoms with E-state index in [1.165, 1.54) is 29.3 Å². The van der Waals surface area contributed by atoms with Gasteiger partial charge < -0.3 is 10.2 Å². The van der Waals surface area contributed by atoms with Crippen LogP contribution in [0.3, 0.4) is 0 Å². The van der Waals surface area contributed by atoms with Crippen LogP contribution in [0.15, 0.2) is 85.7 Å². The van der Waals surface area contributed by atoms with Crippen molar-refractivity contribution in [3.8, 4) is 22.9 Å². The molecule has 2 aliphatic rings. The highest BCUT2D eigenvalue weighted by atomic mass is 19.1. The highest BCUT2D eigenvalue weighted by molar-refractivity contribution is 5.87. The number of hydrogen-bond donors (Lipinski definition) is 1. The average molecular weight is 548 g/mol. The van der Waals surface area contributed by atoms with Crippen LogP contribution in [0.5, 0.6) is 0 Å². The van der Waals surface area contributed by atoms with Gasteiger partial charge in [-0.2, -0.15) is 5.10 Å². The van der Waals surface area contributed by atoms with Gasteiger partial charge in [-0.15, -0.1) is 0 Å². The van der Waals surface area contributed by atoms with Crippen molar-refractivity contribution in [3.63, 3.8) is 0 Å². The molecule has 1 N–H and O–H groups in total. The Morgan fingerprint density at radius 2 is 1.85 bits per heavy atom. The topological polar surface area (TPSA) is 80.9 Å². The van der Waals surface area contributed by atoms with Crippen molar-refractivity contribution in [3.05, 3.63) is 103 Å². The Labute approximate surface area is 237 Å². The van der Waals surface area contributed by atoms with Crippen molar-refractivity contribution in [2.45, 2.75) is 37.8 Å². The number of amides is 1. The third kappa shape index (κ3) is 4.72. The van der Waals surface area contributed by atoms with Crippen LogP contribution in [-0.2, 0) is 11.2 Å². The Morgan fingerprint density at radius 1 is 1.02 bits per heavy atom. The van der Waals surface area contributed by atoms with Crippen LogP contribution in [0.1, 0.15) is 36.4 Å². The minimum absolute atomic E-state index is 0.0143. The quantitative estimate of drug-likeness (QED) is 0.297. The lowest BCUT2D eigenvalue weighted by Gasteiger charge is -2.33. The summed E-state index contributed by atoms with van der Waals surface area (Å²) in [5, 5.41) is 8.20. The molecule has 1 fully saturated rings. The van der Waals surface area contributed by atoms with Crippen LogP contribution in [-0.4, -0.2) is 54.3 Å². The van der Waals surface area contributed by atoms with Crippen molar-refractivity contribution < 1.29 is 9.18 Å². The van der Waals surface area contributed by atoms with Crippen molar-refractivity contribution in [1.29, 1.82) is 0 Å². The summed E-state index contributed by atoms with van der Waals surface area (Å²) in [6, 6.07) is 19.4. The van der Waals surface area contributed by atoms with Crippen molar-refractivity contribution >= 4 is 17.1 Å². The number of nitrogens with one attached hydrogen (secondary N) is 1. The molecule has 1 atom stereocenters. The number of nitrogens with zero attached hydrogens (tertiary/aromatic N) is 6. The number of pyridine rings is 1. The Hall–Kier alpha value is -4.63. The van der Waals surface area contributed by atoms with Gasteiger partial charge in [-0.3, -0.25) is 9.36 Å². The molecular weight excluding hydrogens is 517 g/mol. The predicted molar refractivity (Wildman–Crippen MR) is 155 cm³/mol. The first-order valence-electron chi connectivity index (χ1n) is 14.0. The number of imidazole rings is 1. The third-order valence-electron chi connectivity index (χ3n) is 8.21. The van der Waals surface area contributed by atoms with Gasteiger partial charge in [-0.05, 0) is 97.5 Å². The summed E-state index contributed by atoms with van der Waals surface area (Å²) in [5.74, 6) is 1.13. The summed E-state index contributed by atoms with van der Waals surface area (Å²) in [4.78, 5) is 23.7. The van der Waals surface area contributed by atoms with E-state index >= 15 is 0 Å². The fourth-order valence-electron chi connectivity index (χ4n) is 6.11. The van der Waals surface area contributed by atoms with E-state index in [4.69, 9.17) is 9.97 Å². The van der Waals surface area contributed by atoms with E-state index in [2.05, 4.69) is 39.8 Å². The highest BCUT2D eigenvalue weighted by Gasteiger charge is 2.28. The number of benzene rings is 2. The van der Waals surface area contributed by atoms with E-state index in [0.29, 0.717) is 23.3 Å². The number of carbonyl (C=O) groups excluding carboxylic acids is 1. The maximum Gasteiger partial charge on any atom is 0.245 e. The van der Waals surface area contributed by atoms with Crippen molar-refractivity contribution in [1.82, 2.24) is 34.5 Å². The maximum atomic E-state index is 13.8. The lowest BCUT2D eigenvalue weighted by atomic mass is 10.0. The van der Waals surface area contributed by atoms with Crippen LogP contribution >= 0.6 is 0 Å². The van der Waals surface area contributed by atoms with Gasteiger partial charge in [-0.25, -0.2) is 19.0 Å². The molecule has 7 rings (SSSR count). The highest BCUT2D eigenvalue weighted by Crippen LogP contribution is 2.36. The summed E-state index contributed by atoms with van der Waals surface area (Å²) < 4.78 is 17.6. The number of hydrogen-bond acceptors (Lipinski definition) is 5. The molecule has 5 aromatic rings. The molecule has 0 unspecified atom stereocenters. The Balaban J connectivity index is 1.23. The first-order valence-corrected chi connectivity index (χ1v) is 14.0. The second kappa shape index (κ2) is 10.4. The molecule has 0 saturated carbocycles. The predicted octanol–water partition coefficient (Wildman–Crippen LogP) is 5.17. The largest absolute Gasteiger partial charge is 0.339 e. The van der Waals surface area contributed by atoms with Gasteiger partial charge in [0, 0.05) is 48.8 Å². The molecule has 0 spiro atoms. The third-order valence-corrected chi connectivity index (χ3v) is 8.21. The maximum absolute atomic E-state index is 13.8. The molecule has 9 heteroatoms. The van der Waals surface area contributed by atoms with Crippen LogP contribution in [0.25, 0.3) is 34.1 Å². The number of likely N-dealkylation sites (tertiary alicyclic amines) is 1. The number of fused-ring (bicyclic) bond motifs is 2. The summed E-state index contributed by atoms with van der Waals surface area (Å²) >= 11 is 0. The molecular formula is C32H30FN7O. The van der Waals surface area contributed by atoms with E-state index in [9.17, 15) is 9.18 Å². The first-order chi connectivity index (χ1) is 20.1. The molecule has 0 radical (unpaired) electrons. The molecule has 41 heavy (non-hydrogen) atoms. The van der Waals surface area contributed by atoms with Gasteiger partial charge in [-0.1, -0.05) is 12.6 Å². The smallest absolute Gasteiger partial charge is 0.245 e. The van der Waals surface area contributed by atoms with Gasteiger partial charge in [0.2, 0.25) is 5.91 Å². The van der Waals surface area contributed by atoms with Gasteiger partial charge in [0.15, 0.2) is 11.5 Å². The molecule has 206 valence electrons. The molecule has 1 saturated heterocycles. The Kier molecular flexibility index (Phi) is 6.43. The summed E-state index contributed by atoms with van der Waals surface area (Å²) in [6.07, 6.45) is 8.87. The summed E-state index contributed by atoms with van der Waals surface area (Å²) in [5.41, 5.74) is 5.86. The molecule has 8 nitrogen and oxygen atoms in total. The van der Waals surface area contributed by atoms with Crippen LogP contribution in [0.4, 0.5) is 4.39 Å². The van der Waals surface area contributed by atoms with Gasteiger partial charge >= 0.3 is 0 Å². The standard InChI is InChI=1S/C32H30FN7O/c1-2-30(41)38-18-14-24(15-19-38)35-27-11-6-22-20-25(9-10-26(22)27)40-31(21-4-7-23(33)8-5-21)36-28-12-13-29(37-32(28)40)39-17-3-16-34-39/h2-5,7-10,12-13,16-17,20,24,27,35H,1,6,11,14-15,18-19H2/t27-/m0/s1. The summed E-state index contributed by atoms with van der Waals surface area (Å²) in [7, 11) is 0.